The molecular formula is C14H19Br2NO2. The normalized spacial score (nSPS) is 24.6. The summed E-state index contributed by atoms with van der Waals surface area (Å²) in [5.74, 6) is 0.254. The number of nitrogens with zero attached hydrogens (tertiary/aromatic N) is 1. The molecule has 3 nitrogen and oxygen atoms in total. The van der Waals surface area contributed by atoms with Crippen LogP contribution in [-0.2, 0) is 11.3 Å². The Hall–Kier alpha value is -0.100. The summed E-state index contributed by atoms with van der Waals surface area (Å²) in [6.45, 7) is 5.08. The van der Waals surface area contributed by atoms with E-state index in [-0.39, 0.29) is 11.4 Å². The van der Waals surface area contributed by atoms with Gasteiger partial charge in [-0.05, 0) is 75.9 Å². The molecule has 0 aromatic heterocycles. The minimum atomic E-state index is -0.0381. The van der Waals surface area contributed by atoms with E-state index in [0.29, 0.717) is 0 Å². The van der Waals surface area contributed by atoms with Crippen molar-refractivity contribution in [2.24, 2.45) is 0 Å². The molecule has 1 fully saturated rings. The average molecular weight is 393 g/mol. The maximum Gasteiger partial charge on any atom is 0.143 e. The molecule has 1 aromatic carbocycles. The zero-order chi connectivity index (χ0) is 14.0. The first-order valence-electron chi connectivity index (χ1n) is 6.38. The fourth-order valence-electron chi connectivity index (χ4n) is 2.58. The minimum Gasteiger partial charge on any atom is -0.506 e. The van der Waals surface area contributed by atoms with Crippen molar-refractivity contribution < 1.29 is 9.84 Å². The summed E-state index contributed by atoms with van der Waals surface area (Å²) < 4.78 is 7.06. The van der Waals surface area contributed by atoms with Crippen LogP contribution in [0.3, 0.4) is 0 Å². The molecule has 1 aromatic rings. The van der Waals surface area contributed by atoms with Crippen molar-refractivity contribution in [1.29, 1.82) is 0 Å². The van der Waals surface area contributed by atoms with Crippen molar-refractivity contribution in [1.82, 2.24) is 4.90 Å². The van der Waals surface area contributed by atoms with Crippen molar-refractivity contribution in [3.63, 3.8) is 0 Å². The van der Waals surface area contributed by atoms with Gasteiger partial charge in [0.2, 0.25) is 0 Å². The summed E-state index contributed by atoms with van der Waals surface area (Å²) in [4.78, 5) is 2.40. The Balaban J connectivity index is 2.09. The predicted octanol–water partition coefficient (Wildman–Crippen LogP) is 3.92. The van der Waals surface area contributed by atoms with Crippen molar-refractivity contribution in [3.8, 4) is 5.75 Å². The SMILES string of the molecule is COC1(C)CCCN(Cc2cc(Br)c(O)c(Br)c2)C1. The highest BCUT2D eigenvalue weighted by atomic mass is 79.9. The summed E-state index contributed by atoms with van der Waals surface area (Å²) in [7, 11) is 1.79. The molecule has 2 rings (SSSR count). The van der Waals surface area contributed by atoms with Gasteiger partial charge in [0.25, 0.3) is 0 Å². The Kier molecular flexibility index (Phi) is 4.93. The van der Waals surface area contributed by atoms with Gasteiger partial charge >= 0.3 is 0 Å². The average Bonchev–Trinajstić information content (AvgIpc) is 2.36. The molecule has 0 spiro atoms. The maximum absolute atomic E-state index is 9.73. The highest BCUT2D eigenvalue weighted by molar-refractivity contribution is 9.11. The molecule has 1 N–H and O–H groups in total. The molecule has 1 unspecified atom stereocenters. The van der Waals surface area contributed by atoms with Gasteiger partial charge < -0.3 is 9.84 Å². The van der Waals surface area contributed by atoms with Crippen LogP contribution in [0.5, 0.6) is 5.75 Å². The number of piperidine rings is 1. The molecule has 106 valence electrons. The molecule has 1 saturated heterocycles. The maximum atomic E-state index is 9.73. The first kappa shape index (κ1) is 15.3. The lowest BCUT2D eigenvalue weighted by molar-refractivity contribution is -0.0527. The highest BCUT2D eigenvalue weighted by Crippen LogP contribution is 2.34. The largest absolute Gasteiger partial charge is 0.506 e. The summed E-state index contributed by atoms with van der Waals surface area (Å²) in [5, 5.41) is 9.73. The number of methoxy groups -OCH3 is 1. The van der Waals surface area contributed by atoms with E-state index in [1.54, 1.807) is 7.11 Å². The third kappa shape index (κ3) is 3.72. The number of halogens is 2. The number of aromatic hydroxyl groups is 1. The first-order valence-corrected chi connectivity index (χ1v) is 7.96. The van der Waals surface area contributed by atoms with Crippen LogP contribution in [0, 0.1) is 0 Å². The standard InChI is InChI=1S/C14H19Br2NO2/c1-14(19-2)4-3-5-17(9-14)8-10-6-11(15)13(18)12(16)7-10/h6-7,18H,3-5,8-9H2,1-2H3. The quantitative estimate of drug-likeness (QED) is 0.846. The molecule has 1 heterocycles. The minimum absolute atomic E-state index is 0.0381. The van der Waals surface area contributed by atoms with Gasteiger partial charge in [0, 0.05) is 20.2 Å². The summed E-state index contributed by atoms with van der Waals surface area (Å²) in [6, 6.07) is 3.94. The number of benzene rings is 1. The first-order chi connectivity index (χ1) is 8.93. The third-order valence-electron chi connectivity index (χ3n) is 3.71. The predicted molar refractivity (Wildman–Crippen MR) is 83.4 cm³/mol. The van der Waals surface area contributed by atoms with E-state index >= 15 is 0 Å². The van der Waals surface area contributed by atoms with E-state index in [1.165, 1.54) is 5.56 Å². The zero-order valence-electron chi connectivity index (χ0n) is 11.2. The molecule has 0 saturated carbocycles. The fraction of sp³-hybridized carbons (Fsp3) is 0.571. The molecule has 5 heteroatoms. The Morgan fingerprint density at radius 2 is 2.00 bits per heavy atom. The van der Waals surface area contributed by atoms with Crippen LogP contribution in [0.2, 0.25) is 0 Å². The smallest absolute Gasteiger partial charge is 0.143 e. The fourth-order valence-corrected chi connectivity index (χ4v) is 3.86. The molecule has 0 bridgehead atoms. The van der Waals surface area contributed by atoms with Crippen molar-refractivity contribution in [2.75, 3.05) is 20.2 Å². The topological polar surface area (TPSA) is 32.7 Å². The number of phenolic OH excluding ortho intramolecular Hbond substituents is 1. The molecule has 19 heavy (non-hydrogen) atoms. The van der Waals surface area contributed by atoms with Crippen LogP contribution in [0.4, 0.5) is 0 Å². The number of ether oxygens (including phenoxy) is 1. The molecule has 0 amide bonds. The lowest BCUT2D eigenvalue weighted by Gasteiger charge is -2.39. The summed E-state index contributed by atoms with van der Waals surface area (Å²) in [5.41, 5.74) is 1.14. The van der Waals surface area contributed by atoms with E-state index < -0.39 is 0 Å². The number of hydrogen-bond donors (Lipinski definition) is 1. The van der Waals surface area contributed by atoms with Gasteiger partial charge in [-0.3, -0.25) is 4.90 Å². The van der Waals surface area contributed by atoms with E-state index in [9.17, 15) is 5.11 Å². The van der Waals surface area contributed by atoms with Crippen LogP contribution < -0.4 is 0 Å². The van der Waals surface area contributed by atoms with Gasteiger partial charge in [-0.2, -0.15) is 0 Å². The second-order valence-corrected chi connectivity index (χ2v) is 7.08. The molecule has 1 aliphatic rings. The zero-order valence-corrected chi connectivity index (χ0v) is 14.4. The van der Waals surface area contributed by atoms with Crippen LogP contribution in [-0.4, -0.2) is 35.8 Å². The Labute approximate surface area is 131 Å². The van der Waals surface area contributed by atoms with Gasteiger partial charge in [0.1, 0.15) is 5.75 Å². The van der Waals surface area contributed by atoms with Crippen LogP contribution in [0.15, 0.2) is 21.1 Å². The van der Waals surface area contributed by atoms with Gasteiger partial charge in [0.15, 0.2) is 0 Å². The van der Waals surface area contributed by atoms with Gasteiger partial charge in [-0.25, -0.2) is 0 Å². The third-order valence-corrected chi connectivity index (χ3v) is 4.92. The Morgan fingerprint density at radius 1 is 1.37 bits per heavy atom. The van der Waals surface area contributed by atoms with Crippen LogP contribution in [0.25, 0.3) is 0 Å². The van der Waals surface area contributed by atoms with E-state index in [4.69, 9.17) is 4.74 Å². The van der Waals surface area contributed by atoms with E-state index in [0.717, 1.165) is 41.4 Å². The lowest BCUT2D eigenvalue weighted by atomic mass is 9.94. The van der Waals surface area contributed by atoms with Gasteiger partial charge in [0.05, 0.1) is 14.5 Å². The van der Waals surface area contributed by atoms with Crippen molar-refractivity contribution in [2.45, 2.75) is 31.9 Å². The monoisotopic (exact) mass is 391 g/mol. The molecule has 1 atom stereocenters. The van der Waals surface area contributed by atoms with Gasteiger partial charge in [-0.1, -0.05) is 0 Å². The second-order valence-electron chi connectivity index (χ2n) is 5.38. The molecule has 1 aliphatic heterocycles. The highest BCUT2D eigenvalue weighted by Gasteiger charge is 2.30. The van der Waals surface area contributed by atoms with E-state index in [1.807, 2.05) is 12.1 Å². The number of likely N-dealkylation sites (tertiary alicyclic amines) is 1. The molecule has 0 radical (unpaired) electrons. The van der Waals surface area contributed by atoms with Crippen molar-refractivity contribution >= 4 is 31.9 Å². The number of rotatable bonds is 3. The lowest BCUT2D eigenvalue weighted by Crippen LogP contribution is -2.46. The molecular weight excluding hydrogens is 374 g/mol. The van der Waals surface area contributed by atoms with Gasteiger partial charge in [-0.15, -0.1) is 0 Å². The Bertz CT molecular complexity index is 444. The van der Waals surface area contributed by atoms with Crippen LogP contribution >= 0.6 is 31.9 Å². The van der Waals surface area contributed by atoms with Crippen LogP contribution in [0.1, 0.15) is 25.3 Å². The second kappa shape index (κ2) is 6.12. The van der Waals surface area contributed by atoms with Crippen molar-refractivity contribution in [3.05, 3.63) is 26.6 Å². The number of hydrogen-bond acceptors (Lipinski definition) is 3. The Morgan fingerprint density at radius 3 is 2.58 bits per heavy atom. The van der Waals surface area contributed by atoms with E-state index in [2.05, 4.69) is 43.7 Å². The molecule has 0 aliphatic carbocycles. The summed E-state index contributed by atoms with van der Waals surface area (Å²) in [6.07, 6.45) is 2.27. The summed E-state index contributed by atoms with van der Waals surface area (Å²) >= 11 is 6.75. The number of phenols is 1.